The molecule has 0 spiro atoms. The lowest BCUT2D eigenvalue weighted by atomic mass is 9.98. The first-order valence-corrected chi connectivity index (χ1v) is 6.68. The van der Waals surface area contributed by atoms with Gasteiger partial charge in [-0.2, -0.15) is 22.4 Å². The average Bonchev–Trinajstić information content (AvgIpc) is 2.98. The van der Waals surface area contributed by atoms with Crippen LogP contribution < -0.4 is 5.32 Å². The molecule has 0 aliphatic rings. The number of alkyl halides is 6. The lowest BCUT2D eigenvalue weighted by molar-refractivity contribution is -0.0346. The molecule has 0 aliphatic heterocycles. The van der Waals surface area contributed by atoms with Gasteiger partial charge in [-0.15, -0.1) is 5.10 Å². The van der Waals surface area contributed by atoms with Crippen LogP contribution in [0.25, 0.3) is 0 Å². The van der Waals surface area contributed by atoms with Crippen LogP contribution in [-0.2, 0) is 25.4 Å². The fraction of sp³-hybridized carbons (Fsp3) is 0.462. The molecule has 0 saturated heterocycles. The van der Waals surface area contributed by atoms with Crippen LogP contribution in [0.4, 0.5) is 32.3 Å². The predicted molar refractivity (Wildman–Crippen MR) is 72.3 cm³/mol. The highest BCUT2D eigenvalue weighted by molar-refractivity contribution is 5.37. The van der Waals surface area contributed by atoms with E-state index in [1.165, 1.54) is 7.05 Å². The summed E-state index contributed by atoms with van der Waals surface area (Å²) in [7, 11) is 1.49. The van der Waals surface area contributed by atoms with Gasteiger partial charge in [-0.05, 0) is 29.0 Å². The fourth-order valence-electron chi connectivity index (χ4n) is 1.91. The zero-order valence-corrected chi connectivity index (χ0v) is 12.4. The van der Waals surface area contributed by atoms with Crippen molar-refractivity contribution in [3.63, 3.8) is 0 Å². The molecule has 132 valence electrons. The number of hydrogen-bond donors (Lipinski definition) is 1. The molecular formula is C13H13F6N5. The van der Waals surface area contributed by atoms with Crippen molar-refractivity contribution in [1.29, 1.82) is 0 Å². The van der Waals surface area contributed by atoms with Gasteiger partial charge in [0.2, 0.25) is 0 Å². The van der Waals surface area contributed by atoms with Gasteiger partial charge in [-0.25, -0.2) is 8.78 Å². The number of nitrogens with one attached hydrogen (secondary N) is 1. The van der Waals surface area contributed by atoms with Crippen LogP contribution in [0.2, 0.25) is 0 Å². The van der Waals surface area contributed by atoms with E-state index >= 15 is 0 Å². The maximum absolute atomic E-state index is 13.5. The highest BCUT2D eigenvalue weighted by atomic mass is 19.3. The van der Waals surface area contributed by atoms with Crippen LogP contribution in [0.5, 0.6) is 0 Å². The van der Waals surface area contributed by atoms with E-state index in [1.54, 1.807) is 0 Å². The molecule has 0 bridgehead atoms. The van der Waals surface area contributed by atoms with Gasteiger partial charge in [-0.1, -0.05) is 5.10 Å². The van der Waals surface area contributed by atoms with Gasteiger partial charge in [-0.3, -0.25) is 0 Å². The van der Waals surface area contributed by atoms with E-state index in [-0.39, 0.29) is 18.1 Å². The Morgan fingerprint density at radius 2 is 1.54 bits per heavy atom. The number of hydrogen-bond acceptors (Lipinski definition) is 4. The molecule has 0 aliphatic carbocycles. The van der Waals surface area contributed by atoms with Crippen LogP contribution in [0.1, 0.15) is 16.7 Å². The summed E-state index contributed by atoms with van der Waals surface area (Å²) in [5.41, 5.74) is -1.95. The van der Waals surface area contributed by atoms with E-state index in [9.17, 15) is 26.3 Å². The standard InChI is InChI=1S/C13H13F6N5/c1-24-22-11(21-23-24)20-5-8-2-9(12(16,17)6-14)4-10(3-8)13(18,19)7-15/h2-4H,5-7H2,1H3,(H,20,22). The Morgan fingerprint density at radius 3 is 1.96 bits per heavy atom. The first-order chi connectivity index (χ1) is 11.2. The third-order valence-electron chi connectivity index (χ3n) is 3.13. The van der Waals surface area contributed by atoms with Gasteiger partial charge in [0.1, 0.15) is 0 Å². The highest BCUT2D eigenvalue weighted by Crippen LogP contribution is 2.35. The van der Waals surface area contributed by atoms with E-state index in [0.717, 1.165) is 16.9 Å². The zero-order chi connectivity index (χ0) is 18.0. The minimum atomic E-state index is -3.96. The molecule has 0 atom stereocenters. The molecule has 0 fully saturated rings. The van der Waals surface area contributed by atoms with Crippen molar-refractivity contribution in [2.45, 2.75) is 18.4 Å². The number of aryl methyl sites for hydroxylation is 1. The first-order valence-electron chi connectivity index (χ1n) is 6.68. The maximum Gasteiger partial charge on any atom is 0.301 e. The van der Waals surface area contributed by atoms with Crippen LogP contribution in [0, 0.1) is 0 Å². The number of anilines is 1. The quantitative estimate of drug-likeness (QED) is 0.778. The van der Waals surface area contributed by atoms with E-state index in [2.05, 4.69) is 20.7 Å². The molecule has 0 unspecified atom stereocenters. The summed E-state index contributed by atoms with van der Waals surface area (Å²) in [6, 6.07) is 2.13. The van der Waals surface area contributed by atoms with Crippen molar-refractivity contribution in [2.75, 3.05) is 18.7 Å². The Kier molecular flexibility index (Phi) is 4.99. The summed E-state index contributed by atoms with van der Waals surface area (Å²) in [4.78, 5) is 1.12. The highest BCUT2D eigenvalue weighted by Gasteiger charge is 2.37. The third-order valence-corrected chi connectivity index (χ3v) is 3.13. The molecule has 1 aromatic carbocycles. The second-order valence-corrected chi connectivity index (χ2v) is 5.05. The van der Waals surface area contributed by atoms with Crippen LogP contribution in [0.15, 0.2) is 18.2 Å². The Morgan fingerprint density at radius 1 is 1.00 bits per heavy atom. The van der Waals surface area contributed by atoms with Crippen molar-refractivity contribution in [2.24, 2.45) is 7.05 Å². The number of nitrogens with zero attached hydrogens (tertiary/aromatic N) is 4. The van der Waals surface area contributed by atoms with Crippen molar-refractivity contribution in [3.05, 3.63) is 34.9 Å². The Hall–Kier alpha value is -2.33. The van der Waals surface area contributed by atoms with Crippen LogP contribution in [-0.4, -0.2) is 33.6 Å². The zero-order valence-electron chi connectivity index (χ0n) is 12.4. The lowest BCUT2D eigenvalue weighted by Crippen LogP contribution is -2.21. The Balaban J connectivity index is 2.35. The van der Waals surface area contributed by atoms with Gasteiger partial charge in [0.25, 0.3) is 5.95 Å². The fourth-order valence-corrected chi connectivity index (χ4v) is 1.91. The molecule has 5 nitrogen and oxygen atoms in total. The smallest absolute Gasteiger partial charge is 0.301 e. The lowest BCUT2D eigenvalue weighted by Gasteiger charge is -2.19. The third kappa shape index (κ3) is 3.95. The molecule has 1 aromatic heterocycles. The average molecular weight is 353 g/mol. The van der Waals surface area contributed by atoms with E-state index in [1.807, 2.05) is 0 Å². The van der Waals surface area contributed by atoms with Crippen molar-refractivity contribution < 1.29 is 26.3 Å². The van der Waals surface area contributed by atoms with Crippen LogP contribution >= 0.6 is 0 Å². The first kappa shape index (κ1) is 18.0. The van der Waals surface area contributed by atoms with Gasteiger partial charge < -0.3 is 5.32 Å². The minimum absolute atomic E-state index is 0.0313. The van der Waals surface area contributed by atoms with Crippen molar-refractivity contribution >= 4 is 5.95 Å². The minimum Gasteiger partial charge on any atom is -0.348 e. The van der Waals surface area contributed by atoms with Gasteiger partial charge >= 0.3 is 11.8 Å². The summed E-state index contributed by atoms with van der Waals surface area (Å²) in [6.45, 7) is -4.33. The molecule has 1 heterocycles. The van der Waals surface area contributed by atoms with Crippen LogP contribution in [0.3, 0.4) is 0 Å². The van der Waals surface area contributed by atoms with Gasteiger partial charge in [0, 0.05) is 17.7 Å². The Bertz CT molecular complexity index is 668. The molecule has 0 radical (unpaired) electrons. The molecular weight excluding hydrogens is 340 g/mol. The van der Waals surface area contributed by atoms with E-state index in [4.69, 9.17) is 0 Å². The molecule has 0 saturated carbocycles. The summed E-state index contributed by atoms with van der Waals surface area (Å²) in [5.74, 6) is -7.87. The number of tetrazole rings is 1. The second-order valence-electron chi connectivity index (χ2n) is 5.05. The number of rotatable bonds is 7. The Labute approximate surface area is 132 Å². The number of benzene rings is 1. The summed E-state index contributed by atoms with van der Waals surface area (Å²) in [6.07, 6.45) is 0. The summed E-state index contributed by atoms with van der Waals surface area (Å²) >= 11 is 0. The van der Waals surface area contributed by atoms with Gasteiger partial charge in [0.05, 0.1) is 7.05 Å². The maximum atomic E-state index is 13.5. The monoisotopic (exact) mass is 353 g/mol. The molecule has 2 rings (SSSR count). The topological polar surface area (TPSA) is 55.6 Å². The second kappa shape index (κ2) is 6.65. The van der Waals surface area contributed by atoms with Crippen molar-refractivity contribution in [1.82, 2.24) is 20.2 Å². The molecule has 24 heavy (non-hydrogen) atoms. The largest absolute Gasteiger partial charge is 0.348 e. The molecule has 0 amide bonds. The normalized spacial score (nSPS) is 12.5. The molecule has 1 N–H and O–H groups in total. The molecule has 2 aromatic rings. The summed E-state index contributed by atoms with van der Waals surface area (Å²) in [5, 5.41) is 13.5. The molecule has 11 heteroatoms. The van der Waals surface area contributed by atoms with E-state index < -0.39 is 36.3 Å². The van der Waals surface area contributed by atoms with Crippen molar-refractivity contribution in [3.8, 4) is 0 Å². The number of aromatic nitrogens is 4. The van der Waals surface area contributed by atoms with E-state index in [0.29, 0.717) is 6.07 Å². The number of halogens is 6. The predicted octanol–water partition coefficient (Wildman–Crippen LogP) is 2.94. The summed E-state index contributed by atoms with van der Waals surface area (Å²) < 4.78 is 79.1. The SMILES string of the molecule is Cn1nnc(NCc2cc(C(F)(F)CF)cc(C(F)(F)CF)c2)n1. The van der Waals surface area contributed by atoms with Gasteiger partial charge in [0.15, 0.2) is 13.3 Å².